The Morgan fingerprint density at radius 2 is 1.68 bits per heavy atom. The van der Waals surface area contributed by atoms with E-state index in [0.29, 0.717) is 12.1 Å². The van der Waals surface area contributed by atoms with Crippen LogP contribution in [0, 0.1) is 29.1 Å². The molecular weight excluding hydrogens is 236 g/mol. The van der Waals surface area contributed by atoms with Crippen LogP contribution in [0.2, 0.25) is 0 Å². The second-order valence-corrected chi connectivity index (χ2v) is 6.96. The second kappa shape index (κ2) is 4.44. The topological polar surface area (TPSA) is 47.3 Å². The average molecular weight is 260 g/mol. The molecule has 0 aromatic carbocycles. The molecule has 4 fully saturated rings. The van der Waals surface area contributed by atoms with E-state index in [1.165, 1.54) is 38.5 Å². The number of hydrogen-bond acceptors (Lipinski definition) is 3. The smallest absolute Gasteiger partial charge is 0.154 e. The monoisotopic (exact) mass is 260 g/mol. The maximum atomic E-state index is 10.0. The third kappa shape index (κ3) is 1.93. The van der Waals surface area contributed by atoms with Crippen molar-refractivity contribution in [2.75, 3.05) is 7.05 Å². The lowest BCUT2D eigenvalue weighted by atomic mass is 9.52. The molecule has 0 spiro atoms. The van der Waals surface area contributed by atoms with E-state index in [-0.39, 0.29) is 11.3 Å². The van der Waals surface area contributed by atoms with Crippen molar-refractivity contribution in [2.45, 2.75) is 57.4 Å². The number of rotatable bonds is 3. The van der Waals surface area contributed by atoms with Gasteiger partial charge in [0.25, 0.3) is 0 Å². The van der Waals surface area contributed by atoms with E-state index in [2.05, 4.69) is 11.0 Å². The van der Waals surface area contributed by atoms with Gasteiger partial charge in [-0.25, -0.2) is 0 Å². The van der Waals surface area contributed by atoms with Crippen LogP contribution in [0.3, 0.4) is 0 Å². The Morgan fingerprint density at radius 3 is 2.05 bits per heavy atom. The van der Waals surface area contributed by atoms with Crippen molar-refractivity contribution in [3.05, 3.63) is 11.5 Å². The first kappa shape index (κ1) is 12.8. The molecule has 0 unspecified atom stereocenters. The summed E-state index contributed by atoms with van der Waals surface area (Å²) in [6.07, 6.45) is 8.40. The van der Waals surface area contributed by atoms with Crippen LogP contribution in [0.4, 0.5) is 0 Å². The molecule has 19 heavy (non-hydrogen) atoms. The molecule has 104 valence electrons. The Bertz CT molecular complexity index is 411. The first-order valence-electron chi connectivity index (χ1n) is 7.64. The molecule has 0 radical (unpaired) electrons. The molecule has 3 heteroatoms. The summed E-state index contributed by atoms with van der Waals surface area (Å²) in [5, 5.41) is 19.4. The summed E-state index contributed by atoms with van der Waals surface area (Å²) in [6.45, 7) is 1.90. The highest BCUT2D eigenvalue weighted by Gasteiger charge is 2.53. The fourth-order valence-corrected chi connectivity index (χ4v) is 5.21. The highest BCUT2D eigenvalue weighted by molar-refractivity contribution is 5.26. The van der Waals surface area contributed by atoms with Crippen molar-refractivity contribution < 1.29 is 5.11 Å². The highest BCUT2D eigenvalue weighted by Crippen LogP contribution is 2.58. The Balaban J connectivity index is 1.91. The molecule has 4 aliphatic rings. The van der Waals surface area contributed by atoms with Gasteiger partial charge in [0, 0.05) is 19.0 Å². The molecule has 0 amide bonds. The normalized spacial score (nSPS) is 40.8. The van der Waals surface area contributed by atoms with E-state index >= 15 is 0 Å². The molecule has 0 atom stereocenters. The van der Waals surface area contributed by atoms with E-state index in [1.54, 1.807) is 0 Å². The predicted molar refractivity (Wildman–Crippen MR) is 74.2 cm³/mol. The first-order valence-corrected chi connectivity index (χ1v) is 7.64. The van der Waals surface area contributed by atoms with Crippen LogP contribution in [-0.4, -0.2) is 22.6 Å². The minimum absolute atomic E-state index is 0.156. The van der Waals surface area contributed by atoms with Gasteiger partial charge < -0.3 is 10.0 Å². The number of hydrogen-bond donors (Lipinski definition) is 1. The fraction of sp³-hybridized carbons (Fsp3) is 0.812. The van der Waals surface area contributed by atoms with Gasteiger partial charge in [-0.1, -0.05) is 6.92 Å². The first-order chi connectivity index (χ1) is 9.08. The lowest BCUT2D eigenvalue weighted by molar-refractivity contribution is -0.0662. The fourth-order valence-electron chi connectivity index (χ4n) is 5.21. The number of allylic oxidation sites excluding steroid dienone is 2. The van der Waals surface area contributed by atoms with E-state index in [9.17, 15) is 10.4 Å². The van der Waals surface area contributed by atoms with Gasteiger partial charge in [0.1, 0.15) is 11.8 Å². The second-order valence-electron chi connectivity index (χ2n) is 6.96. The molecule has 4 aliphatic carbocycles. The van der Waals surface area contributed by atoms with Gasteiger partial charge in [-0.15, -0.1) is 0 Å². The molecule has 0 aliphatic heterocycles. The van der Waals surface area contributed by atoms with Crippen molar-refractivity contribution in [3.8, 4) is 6.07 Å². The maximum absolute atomic E-state index is 10.0. The lowest BCUT2D eigenvalue weighted by Gasteiger charge is -2.60. The van der Waals surface area contributed by atoms with Crippen LogP contribution in [0.25, 0.3) is 0 Å². The Morgan fingerprint density at radius 1 is 1.21 bits per heavy atom. The standard InChI is InChI=1S/C16H24N2O/c1-3-15(19)14(10-17)18(2)16-7-11-4-12(8-16)6-13(5-11)9-16/h11-13,19H,3-9H2,1-2H3/b15-14-. The molecule has 4 bridgehead atoms. The quantitative estimate of drug-likeness (QED) is 0.623. The third-order valence-electron chi connectivity index (χ3n) is 5.77. The molecule has 4 saturated carbocycles. The van der Waals surface area contributed by atoms with Gasteiger partial charge in [-0.05, 0) is 56.3 Å². The summed E-state index contributed by atoms with van der Waals surface area (Å²) in [5.74, 6) is 2.83. The summed E-state index contributed by atoms with van der Waals surface area (Å²) in [6, 6.07) is 2.23. The molecule has 0 saturated heterocycles. The summed E-state index contributed by atoms with van der Waals surface area (Å²) in [7, 11) is 2.03. The van der Waals surface area contributed by atoms with Gasteiger partial charge in [0.2, 0.25) is 0 Å². The van der Waals surface area contributed by atoms with Gasteiger partial charge in [-0.2, -0.15) is 5.26 Å². The number of nitrogens with zero attached hydrogens (tertiary/aromatic N) is 2. The van der Waals surface area contributed by atoms with Gasteiger partial charge >= 0.3 is 0 Å². The number of aliphatic hydroxyl groups is 1. The molecule has 0 heterocycles. The maximum Gasteiger partial charge on any atom is 0.154 e. The summed E-state index contributed by atoms with van der Waals surface area (Å²) in [4.78, 5) is 2.14. The highest BCUT2D eigenvalue weighted by atomic mass is 16.3. The van der Waals surface area contributed by atoms with E-state index in [1.807, 2.05) is 14.0 Å². The van der Waals surface area contributed by atoms with Crippen molar-refractivity contribution in [3.63, 3.8) is 0 Å². The summed E-state index contributed by atoms with van der Waals surface area (Å²) < 4.78 is 0. The Labute approximate surface area is 115 Å². The third-order valence-corrected chi connectivity index (χ3v) is 5.77. The van der Waals surface area contributed by atoms with Crippen molar-refractivity contribution in [1.82, 2.24) is 4.90 Å². The van der Waals surface area contributed by atoms with Crippen LogP contribution < -0.4 is 0 Å². The van der Waals surface area contributed by atoms with Crippen LogP contribution in [0.15, 0.2) is 11.5 Å². The zero-order chi connectivity index (χ0) is 13.6. The van der Waals surface area contributed by atoms with Crippen LogP contribution in [0.5, 0.6) is 0 Å². The van der Waals surface area contributed by atoms with Crippen molar-refractivity contribution in [1.29, 1.82) is 5.26 Å². The molecular formula is C16H24N2O. The summed E-state index contributed by atoms with van der Waals surface area (Å²) in [5.41, 5.74) is 0.660. The molecule has 1 N–H and O–H groups in total. The van der Waals surface area contributed by atoms with E-state index in [4.69, 9.17) is 0 Å². The minimum Gasteiger partial charge on any atom is -0.509 e. The Hall–Kier alpha value is -1.17. The molecule has 4 rings (SSSR count). The van der Waals surface area contributed by atoms with Crippen molar-refractivity contribution in [2.24, 2.45) is 17.8 Å². The lowest BCUT2D eigenvalue weighted by Crippen LogP contribution is -2.58. The number of aliphatic hydroxyl groups excluding tert-OH is 1. The molecule has 0 aromatic rings. The zero-order valence-corrected chi connectivity index (χ0v) is 12.0. The summed E-state index contributed by atoms with van der Waals surface area (Å²) >= 11 is 0. The number of nitriles is 1. The van der Waals surface area contributed by atoms with E-state index in [0.717, 1.165) is 17.8 Å². The Kier molecular flexibility index (Phi) is 3.00. The van der Waals surface area contributed by atoms with Crippen LogP contribution in [0.1, 0.15) is 51.9 Å². The zero-order valence-electron chi connectivity index (χ0n) is 12.0. The average Bonchev–Trinajstić information content (AvgIpc) is 2.37. The molecule has 3 nitrogen and oxygen atoms in total. The van der Waals surface area contributed by atoms with Crippen LogP contribution >= 0.6 is 0 Å². The van der Waals surface area contributed by atoms with Gasteiger partial charge in [0.15, 0.2) is 5.70 Å². The largest absolute Gasteiger partial charge is 0.509 e. The van der Waals surface area contributed by atoms with Gasteiger partial charge in [0.05, 0.1) is 0 Å². The van der Waals surface area contributed by atoms with E-state index < -0.39 is 0 Å². The van der Waals surface area contributed by atoms with Gasteiger partial charge in [-0.3, -0.25) is 0 Å². The van der Waals surface area contributed by atoms with Crippen molar-refractivity contribution >= 4 is 0 Å². The van der Waals surface area contributed by atoms with Crippen LogP contribution in [-0.2, 0) is 0 Å². The molecule has 0 aromatic heterocycles. The minimum atomic E-state index is 0.156. The SMILES string of the molecule is CC/C(O)=C(\C#N)N(C)C12CC3CC(CC(C3)C1)C2. The predicted octanol–water partition coefficient (Wildman–Crippen LogP) is 3.59.